The molecular formula is C14H18N4O2. The largest absolute Gasteiger partial charge is 0.390 e. The van der Waals surface area contributed by atoms with E-state index in [2.05, 4.69) is 15.6 Å². The number of aromatic nitrogens is 3. The fourth-order valence-corrected chi connectivity index (χ4v) is 2.19. The molecule has 0 spiro atoms. The van der Waals surface area contributed by atoms with Crippen LogP contribution in [0.15, 0.2) is 18.3 Å². The van der Waals surface area contributed by atoms with E-state index in [9.17, 15) is 4.79 Å². The zero-order chi connectivity index (χ0) is 14.7. The molecule has 0 aliphatic rings. The van der Waals surface area contributed by atoms with Crippen LogP contribution in [0.3, 0.4) is 0 Å². The highest BCUT2D eigenvalue weighted by atomic mass is 16.3. The number of nitrogens with one attached hydrogen (secondary N) is 1. The van der Waals surface area contributed by atoms with Crippen LogP contribution in [0.4, 0.5) is 5.69 Å². The van der Waals surface area contributed by atoms with Crippen LogP contribution in [0.5, 0.6) is 0 Å². The number of hydrogen-bond acceptors (Lipinski definition) is 4. The predicted molar refractivity (Wildman–Crippen MR) is 75.2 cm³/mol. The minimum Gasteiger partial charge on any atom is -0.390 e. The van der Waals surface area contributed by atoms with E-state index in [1.165, 1.54) is 10.2 Å². The minimum absolute atomic E-state index is 0.0692. The summed E-state index contributed by atoms with van der Waals surface area (Å²) in [6.07, 6.45) is 1.55. The zero-order valence-electron chi connectivity index (χ0n) is 11.8. The monoisotopic (exact) mass is 274 g/mol. The van der Waals surface area contributed by atoms with Gasteiger partial charge in [0.15, 0.2) is 0 Å². The third kappa shape index (κ3) is 3.21. The first-order valence-electron chi connectivity index (χ1n) is 6.37. The molecule has 1 aromatic carbocycles. The van der Waals surface area contributed by atoms with Crippen molar-refractivity contribution in [2.24, 2.45) is 0 Å². The molecule has 0 atom stereocenters. The Kier molecular flexibility index (Phi) is 4.14. The van der Waals surface area contributed by atoms with E-state index >= 15 is 0 Å². The molecule has 0 aliphatic heterocycles. The van der Waals surface area contributed by atoms with Gasteiger partial charge in [-0.1, -0.05) is 22.9 Å². The molecule has 1 heterocycles. The van der Waals surface area contributed by atoms with Gasteiger partial charge in [0.25, 0.3) is 0 Å². The topological polar surface area (TPSA) is 80.0 Å². The van der Waals surface area contributed by atoms with Crippen LogP contribution in [0.2, 0.25) is 0 Å². The van der Waals surface area contributed by atoms with Crippen molar-refractivity contribution in [1.29, 1.82) is 0 Å². The number of aliphatic hydroxyl groups is 1. The Hall–Kier alpha value is -2.21. The van der Waals surface area contributed by atoms with Gasteiger partial charge in [-0.05, 0) is 31.9 Å². The van der Waals surface area contributed by atoms with Crippen LogP contribution < -0.4 is 5.32 Å². The Morgan fingerprint density at radius 3 is 2.50 bits per heavy atom. The molecule has 1 amide bonds. The molecule has 0 aliphatic carbocycles. The zero-order valence-corrected chi connectivity index (χ0v) is 11.8. The van der Waals surface area contributed by atoms with E-state index < -0.39 is 0 Å². The number of aryl methyl sites for hydroxylation is 3. The Labute approximate surface area is 117 Å². The van der Waals surface area contributed by atoms with Gasteiger partial charge >= 0.3 is 0 Å². The first kappa shape index (κ1) is 14.2. The van der Waals surface area contributed by atoms with Crippen LogP contribution in [0, 0.1) is 20.8 Å². The maximum absolute atomic E-state index is 12.0. The van der Waals surface area contributed by atoms with Crippen molar-refractivity contribution in [2.75, 3.05) is 5.32 Å². The second kappa shape index (κ2) is 5.83. The van der Waals surface area contributed by atoms with E-state index in [-0.39, 0.29) is 19.1 Å². The third-order valence-electron chi connectivity index (χ3n) is 3.00. The highest BCUT2D eigenvalue weighted by Gasteiger charge is 2.10. The standard InChI is InChI=1S/C14H18N4O2/c1-9-4-10(2)14(11(3)5-9)15-13(20)7-18-6-12(8-19)16-17-18/h4-6,19H,7-8H2,1-3H3,(H,15,20). The Morgan fingerprint density at radius 1 is 1.30 bits per heavy atom. The lowest BCUT2D eigenvalue weighted by Crippen LogP contribution is -2.20. The number of rotatable bonds is 4. The van der Waals surface area contributed by atoms with Gasteiger partial charge < -0.3 is 10.4 Å². The average Bonchev–Trinajstić information content (AvgIpc) is 2.81. The molecule has 2 rings (SSSR count). The van der Waals surface area contributed by atoms with Gasteiger partial charge in [0.2, 0.25) is 5.91 Å². The number of carbonyl (C=O) groups excluding carboxylic acids is 1. The molecule has 0 saturated carbocycles. The van der Waals surface area contributed by atoms with E-state index in [1.54, 1.807) is 6.20 Å². The first-order valence-corrected chi connectivity index (χ1v) is 6.37. The van der Waals surface area contributed by atoms with E-state index in [1.807, 2.05) is 32.9 Å². The summed E-state index contributed by atoms with van der Waals surface area (Å²) < 4.78 is 1.40. The maximum Gasteiger partial charge on any atom is 0.246 e. The number of carbonyl (C=O) groups is 1. The highest BCUT2D eigenvalue weighted by Crippen LogP contribution is 2.21. The van der Waals surface area contributed by atoms with Gasteiger partial charge in [0, 0.05) is 5.69 Å². The van der Waals surface area contributed by atoms with Gasteiger partial charge in [-0.15, -0.1) is 5.10 Å². The summed E-state index contributed by atoms with van der Waals surface area (Å²) >= 11 is 0. The Morgan fingerprint density at radius 2 is 1.95 bits per heavy atom. The van der Waals surface area contributed by atoms with Gasteiger partial charge in [-0.2, -0.15) is 0 Å². The van der Waals surface area contributed by atoms with Crippen LogP contribution >= 0.6 is 0 Å². The van der Waals surface area contributed by atoms with Gasteiger partial charge in [0.1, 0.15) is 12.2 Å². The molecule has 0 unspecified atom stereocenters. The first-order chi connectivity index (χ1) is 9.49. The molecule has 0 bridgehead atoms. The molecule has 2 N–H and O–H groups in total. The van der Waals surface area contributed by atoms with Gasteiger partial charge in [0.05, 0.1) is 12.8 Å². The van der Waals surface area contributed by atoms with Gasteiger partial charge in [-0.25, -0.2) is 4.68 Å². The van der Waals surface area contributed by atoms with Crippen molar-refractivity contribution < 1.29 is 9.90 Å². The fraction of sp³-hybridized carbons (Fsp3) is 0.357. The second-order valence-corrected chi connectivity index (χ2v) is 4.89. The predicted octanol–water partition coefficient (Wildman–Crippen LogP) is 1.33. The summed E-state index contributed by atoms with van der Waals surface area (Å²) in [5, 5.41) is 19.3. The SMILES string of the molecule is Cc1cc(C)c(NC(=O)Cn2cc(CO)nn2)c(C)c1. The number of amides is 1. The average molecular weight is 274 g/mol. The van der Waals surface area contributed by atoms with Crippen molar-refractivity contribution in [3.63, 3.8) is 0 Å². The molecule has 0 radical (unpaired) electrons. The van der Waals surface area contributed by atoms with Crippen LogP contribution in [0.1, 0.15) is 22.4 Å². The minimum atomic E-state index is -0.183. The molecule has 106 valence electrons. The van der Waals surface area contributed by atoms with Crippen molar-refractivity contribution in [1.82, 2.24) is 15.0 Å². The molecule has 0 saturated heterocycles. The van der Waals surface area contributed by atoms with E-state index in [0.29, 0.717) is 5.69 Å². The van der Waals surface area contributed by atoms with E-state index in [0.717, 1.165) is 16.8 Å². The normalized spacial score (nSPS) is 10.6. The summed E-state index contributed by atoms with van der Waals surface area (Å²) in [7, 11) is 0. The summed E-state index contributed by atoms with van der Waals surface area (Å²) in [5.74, 6) is -0.172. The lowest BCUT2D eigenvalue weighted by Gasteiger charge is -2.12. The number of benzene rings is 1. The van der Waals surface area contributed by atoms with Crippen LogP contribution in [-0.2, 0) is 17.9 Å². The molecule has 6 heteroatoms. The van der Waals surface area contributed by atoms with Crippen molar-refractivity contribution in [2.45, 2.75) is 33.9 Å². The number of anilines is 1. The van der Waals surface area contributed by atoms with E-state index in [4.69, 9.17) is 5.11 Å². The molecule has 2 aromatic rings. The molecule has 0 fully saturated rings. The summed E-state index contributed by atoms with van der Waals surface area (Å²) in [6.45, 7) is 5.85. The molecule has 6 nitrogen and oxygen atoms in total. The maximum atomic E-state index is 12.0. The fourth-order valence-electron chi connectivity index (χ4n) is 2.19. The lowest BCUT2D eigenvalue weighted by atomic mass is 10.1. The smallest absolute Gasteiger partial charge is 0.246 e. The summed E-state index contributed by atoms with van der Waals surface area (Å²) in [5.41, 5.74) is 4.52. The Bertz CT molecular complexity index is 611. The van der Waals surface area contributed by atoms with Crippen LogP contribution in [-0.4, -0.2) is 26.0 Å². The van der Waals surface area contributed by atoms with Gasteiger partial charge in [-0.3, -0.25) is 4.79 Å². The summed E-state index contributed by atoms with van der Waals surface area (Å²) in [4.78, 5) is 12.0. The number of aliphatic hydroxyl groups excluding tert-OH is 1. The summed E-state index contributed by atoms with van der Waals surface area (Å²) in [6, 6.07) is 4.06. The molecular weight excluding hydrogens is 256 g/mol. The van der Waals surface area contributed by atoms with Crippen molar-refractivity contribution >= 4 is 11.6 Å². The highest BCUT2D eigenvalue weighted by molar-refractivity contribution is 5.92. The lowest BCUT2D eigenvalue weighted by molar-refractivity contribution is -0.116. The molecule has 1 aromatic heterocycles. The van der Waals surface area contributed by atoms with Crippen molar-refractivity contribution in [3.8, 4) is 0 Å². The van der Waals surface area contributed by atoms with Crippen LogP contribution in [0.25, 0.3) is 0 Å². The Balaban J connectivity index is 2.08. The molecule has 20 heavy (non-hydrogen) atoms. The van der Waals surface area contributed by atoms with Crippen molar-refractivity contribution in [3.05, 3.63) is 40.7 Å². The third-order valence-corrected chi connectivity index (χ3v) is 3.00. The number of hydrogen-bond donors (Lipinski definition) is 2. The number of nitrogens with zero attached hydrogens (tertiary/aromatic N) is 3. The quantitative estimate of drug-likeness (QED) is 0.881. The second-order valence-electron chi connectivity index (χ2n) is 4.89.